The molecule has 0 aliphatic heterocycles. The summed E-state index contributed by atoms with van der Waals surface area (Å²) in [7, 11) is 0. The van der Waals surface area contributed by atoms with E-state index in [9.17, 15) is 0 Å². The standard InChI is InChI=1S/C10H12ClN3S/c1-6-4-15-9-8(6)13-5-14-10(9)12-3-7(2)11/h4-5,7H,3H2,1-2H3,(H,12,13,14). The zero-order valence-electron chi connectivity index (χ0n) is 8.62. The third-order valence-corrected chi connectivity index (χ3v) is 3.33. The van der Waals surface area contributed by atoms with E-state index in [2.05, 4.69) is 27.6 Å². The van der Waals surface area contributed by atoms with Crippen molar-refractivity contribution in [1.29, 1.82) is 0 Å². The first-order chi connectivity index (χ1) is 7.18. The smallest absolute Gasteiger partial charge is 0.147 e. The Bertz CT molecular complexity index is 467. The van der Waals surface area contributed by atoms with Crippen LogP contribution in [0.15, 0.2) is 11.7 Å². The maximum Gasteiger partial charge on any atom is 0.147 e. The Balaban J connectivity index is 2.34. The highest BCUT2D eigenvalue weighted by molar-refractivity contribution is 7.18. The van der Waals surface area contributed by atoms with Gasteiger partial charge in [-0.1, -0.05) is 0 Å². The quantitative estimate of drug-likeness (QED) is 0.840. The van der Waals surface area contributed by atoms with Crippen LogP contribution in [0.2, 0.25) is 0 Å². The Morgan fingerprint density at radius 2 is 2.33 bits per heavy atom. The van der Waals surface area contributed by atoms with E-state index in [0.717, 1.165) is 16.0 Å². The zero-order chi connectivity index (χ0) is 10.8. The molecule has 0 fully saturated rings. The number of aromatic nitrogens is 2. The molecule has 0 aromatic carbocycles. The number of anilines is 1. The second-order valence-electron chi connectivity index (χ2n) is 3.48. The van der Waals surface area contributed by atoms with Crippen LogP contribution in [-0.2, 0) is 0 Å². The molecule has 0 saturated heterocycles. The summed E-state index contributed by atoms with van der Waals surface area (Å²) < 4.78 is 1.10. The molecule has 1 N–H and O–H groups in total. The van der Waals surface area contributed by atoms with E-state index in [0.29, 0.717) is 6.54 Å². The molecule has 1 unspecified atom stereocenters. The summed E-state index contributed by atoms with van der Waals surface area (Å²) in [6, 6.07) is 0. The first-order valence-electron chi connectivity index (χ1n) is 4.75. The molecule has 0 aliphatic carbocycles. The summed E-state index contributed by atoms with van der Waals surface area (Å²) in [4.78, 5) is 8.48. The van der Waals surface area contributed by atoms with E-state index < -0.39 is 0 Å². The SMILES string of the molecule is Cc1csc2c(NCC(C)Cl)ncnc12. The lowest BCUT2D eigenvalue weighted by atomic mass is 10.3. The molecular weight excluding hydrogens is 230 g/mol. The van der Waals surface area contributed by atoms with Gasteiger partial charge in [-0.3, -0.25) is 0 Å². The summed E-state index contributed by atoms with van der Waals surface area (Å²) in [5.74, 6) is 0.880. The number of rotatable bonds is 3. The molecule has 3 nitrogen and oxygen atoms in total. The number of halogens is 1. The number of hydrogen-bond acceptors (Lipinski definition) is 4. The van der Waals surface area contributed by atoms with Crippen LogP contribution in [0.4, 0.5) is 5.82 Å². The van der Waals surface area contributed by atoms with Gasteiger partial charge in [-0.25, -0.2) is 9.97 Å². The van der Waals surface area contributed by atoms with Gasteiger partial charge < -0.3 is 5.32 Å². The number of aryl methyl sites for hydroxylation is 1. The average Bonchev–Trinajstić information content (AvgIpc) is 2.58. The largest absolute Gasteiger partial charge is 0.367 e. The van der Waals surface area contributed by atoms with Crippen molar-refractivity contribution in [2.45, 2.75) is 19.2 Å². The lowest BCUT2D eigenvalue weighted by Gasteiger charge is -2.06. The van der Waals surface area contributed by atoms with Crippen molar-refractivity contribution in [2.75, 3.05) is 11.9 Å². The molecule has 0 aliphatic rings. The van der Waals surface area contributed by atoms with Gasteiger partial charge in [0.1, 0.15) is 12.1 Å². The van der Waals surface area contributed by atoms with Gasteiger partial charge >= 0.3 is 0 Å². The second-order valence-corrected chi connectivity index (χ2v) is 5.11. The van der Waals surface area contributed by atoms with Gasteiger partial charge in [0.05, 0.1) is 10.2 Å². The number of hydrogen-bond donors (Lipinski definition) is 1. The molecule has 2 aromatic heterocycles. The first-order valence-corrected chi connectivity index (χ1v) is 6.07. The van der Waals surface area contributed by atoms with Crippen molar-refractivity contribution in [3.8, 4) is 0 Å². The fourth-order valence-corrected chi connectivity index (χ4v) is 2.38. The van der Waals surface area contributed by atoms with Crippen LogP contribution in [0.5, 0.6) is 0 Å². The van der Waals surface area contributed by atoms with Gasteiger partial charge in [0.25, 0.3) is 0 Å². The molecule has 2 aromatic rings. The predicted octanol–water partition coefficient (Wildman–Crippen LogP) is 3.04. The second kappa shape index (κ2) is 4.33. The van der Waals surface area contributed by atoms with Crippen molar-refractivity contribution >= 4 is 39.0 Å². The minimum Gasteiger partial charge on any atom is -0.367 e. The van der Waals surface area contributed by atoms with Gasteiger partial charge in [0.15, 0.2) is 0 Å². The van der Waals surface area contributed by atoms with Gasteiger partial charge in [-0.15, -0.1) is 22.9 Å². The highest BCUT2D eigenvalue weighted by atomic mass is 35.5. The molecule has 15 heavy (non-hydrogen) atoms. The van der Waals surface area contributed by atoms with E-state index in [1.54, 1.807) is 17.7 Å². The van der Waals surface area contributed by atoms with E-state index in [-0.39, 0.29) is 5.38 Å². The third-order valence-electron chi connectivity index (χ3n) is 2.08. The van der Waals surface area contributed by atoms with Crippen molar-refractivity contribution in [1.82, 2.24) is 9.97 Å². The Morgan fingerprint density at radius 1 is 1.53 bits per heavy atom. The summed E-state index contributed by atoms with van der Waals surface area (Å²) in [6.07, 6.45) is 1.59. The van der Waals surface area contributed by atoms with Crippen molar-refractivity contribution in [3.05, 3.63) is 17.3 Å². The first kappa shape index (κ1) is 10.6. The number of nitrogens with zero attached hydrogens (tertiary/aromatic N) is 2. The summed E-state index contributed by atoms with van der Waals surface area (Å²) in [5, 5.41) is 5.41. The number of alkyl halides is 1. The Morgan fingerprint density at radius 3 is 3.07 bits per heavy atom. The van der Waals surface area contributed by atoms with Gasteiger partial charge in [0, 0.05) is 11.9 Å². The molecule has 80 valence electrons. The zero-order valence-corrected chi connectivity index (χ0v) is 10.2. The van der Waals surface area contributed by atoms with Gasteiger partial charge in [-0.2, -0.15) is 0 Å². The van der Waals surface area contributed by atoms with E-state index in [1.807, 2.05) is 6.92 Å². The monoisotopic (exact) mass is 241 g/mol. The van der Waals surface area contributed by atoms with Crippen LogP contribution in [-0.4, -0.2) is 21.9 Å². The van der Waals surface area contributed by atoms with Crippen LogP contribution in [0, 0.1) is 6.92 Å². The van der Waals surface area contributed by atoms with E-state index in [1.165, 1.54) is 5.56 Å². The Kier molecular flexibility index (Phi) is 3.07. The highest BCUT2D eigenvalue weighted by Crippen LogP contribution is 2.28. The van der Waals surface area contributed by atoms with E-state index >= 15 is 0 Å². The minimum atomic E-state index is 0.0936. The fraction of sp³-hybridized carbons (Fsp3) is 0.400. The lowest BCUT2D eigenvalue weighted by molar-refractivity contribution is 0.978. The van der Waals surface area contributed by atoms with Crippen molar-refractivity contribution in [3.63, 3.8) is 0 Å². The summed E-state index contributed by atoms with van der Waals surface area (Å²) in [5.41, 5.74) is 2.22. The lowest BCUT2D eigenvalue weighted by Crippen LogP contribution is -2.11. The van der Waals surface area contributed by atoms with Crippen molar-refractivity contribution < 1.29 is 0 Å². The maximum absolute atomic E-state index is 5.88. The van der Waals surface area contributed by atoms with Gasteiger partial charge in [-0.05, 0) is 24.8 Å². The van der Waals surface area contributed by atoms with Crippen LogP contribution in [0.25, 0.3) is 10.2 Å². The maximum atomic E-state index is 5.88. The summed E-state index contributed by atoms with van der Waals surface area (Å²) >= 11 is 7.54. The minimum absolute atomic E-state index is 0.0936. The fourth-order valence-electron chi connectivity index (χ4n) is 1.33. The molecule has 0 bridgehead atoms. The molecule has 0 spiro atoms. The Labute approximate surface area is 97.5 Å². The highest BCUT2D eigenvalue weighted by Gasteiger charge is 2.07. The molecule has 0 radical (unpaired) electrons. The van der Waals surface area contributed by atoms with Gasteiger partial charge in [0.2, 0.25) is 0 Å². The van der Waals surface area contributed by atoms with Crippen molar-refractivity contribution in [2.24, 2.45) is 0 Å². The molecule has 2 heterocycles. The predicted molar refractivity (Wildman–Crippen MR) is 66.0 cm³/mol. The summed E-state index contributed by atoms with van der Waals surface area (Å²) in [6.45, 7) is 4.72. The molecule has 0 saturated carbocycles. The molecule has 5 heteroatoms. The molecule has 0 amide bonds. The topological polar surface area (TPSA) is 37.8 Å². The molecular formula is C10H12ClN3S. The average molecular weight is 242 g/mol. The molecule has 1 atom stereocenters. The number of nitrogens with one attached hydrogen (secondary N) is 1. The van der Waals surface area contributed by atoms with Crippen LogP contribution in [0.3, 0.4) is 0 Å². The molecule has 2 rings (SSSR count). The number of fused-ring (bicyclic) bond motifs is 1. The van der Waals surface area contributed by atoms with E-state index in [4.69, 9.17) is 11.6 Å². The van der Waals surface area contributed by atoms with Crippen LogP contribution >= 0.6 is 22.9 Å². The van der Waals surface area contributed by atoms with Crippen LogP contribution in [0.1, 0.15) is 12.5 Å². The van der Waals surface area contributed by atoms with Crippen LogP contribution < -0.4 is 5.32 Å². The number of thiophene rings is 1. The normalized spacial score (nSPS) is 13.0. The Hall–Kier alpha value is -0.870. The third kappa shape index (κ3) is 2.21.